The van der Waals surface area contributed by atoms with Crippen LogP contribution in [-0.2, 0) is 0 Å². The van der Waals surface area contributed by atoms with E-state index in [4.69, 9.17) is 4.98 Å². The zero-order chi connectivity index (χ0) is 19.3. The van der Waals surface area contributed by atoms with Gasteiger partial charge in [0.05, 0.1) is 5.69 Å². The average Bonchev–Trinajstić information content (AvgIpc) is 3.34. The molecule has 28 heavy (non-hydrogen) atoms. The Morgan fingerprint density at radius 2 is 1.86 bits per heavy atom. The number of halogens is 3. The summed E-state index contributed by atoms with van der Waals surface area (Å²) in [6, 6.07) is 9.37. The van der Waals surface area contributed by atoms with Crippen LogP contribution >= 0.6 is 0 Å². The van der Waals surface area contributed by atoms with Crippen molar-refractivity contribution in [1.82, 2.24) is 25.3 Å². The molecule has 2 aliphatic rings. The highest BCUT2D eigenvalue weighted by Gasteiger charge is 2.36. The van der Waals surface area contributed by atoms with E-state index in [2.05, 4.69) is 25.3 Å². The fraction of sp³-hybridized carbons (Fsp3) is 0.389. The Bertz CT molecular complexity index is 1010. The Kier molecular flexibility index (Phi) is 3.90. The Morgan fingerprint density at radius 1 is 1.07 bits per heavy atom. The van der Waals surface area contributed by atoms with Crippen LogP contribution in [0.25, 0.3) is 16.9 Å². The van der Waals surface area contributed by atoms with Gasteiger partial charge in [-0.05, 0) is 36.1 Å². The fourth-order valence-corrected chi connectivity index (χ4v) is 4.01. The van der Waals surface area contributed by atoms with Gasteiger partial charge in [0, 0.05) is 32.2 Å². The van der Waals surface area contributed by atoms with Gasteiger partial charge in [-0.15, -0.1) is 18.3 Å². The lowest BCUT2D eigenvalue weighted by Gasteiger charge is -2.18. The number of benzene rings is 1. The van der Waals surface area contributed by atoms with E-state index in [-0.39, 0.29) is 5.75 Å². The normalized spacial score (nSPS) is 22.0. The summed E-state index contributed by atoms with van der Waals surface area (Å²) < 4.78 is 43.0. The molecule has 0 bridgehead atoms. The van der Waals surface area contributed by atoms with Gasteiger partial charge in [0.1, 0.15) is 17.1 Å². The molecule has 7 nitrogen and oxygen atoms in total. The topological polar surface area (TPSA) is 68.1 Å². The number of fused-ring (bicyclic) bond motifs is 2. The summed E-state index contributed by atoms with van der Waals surface area (Å²) in [5.41, 5.74) is 1.47. The minimum absolute atomic E-state index is 0.315. The summed E-state index contributed by atoms with van der Waals surface area (Å²) >= 11 is 0. The van der Waals surface area contributed by atoms with Crippen molar-refractivity contribution < 1.29 is 17.9 Å². The van der Waals surface area contributed by atoms with Gasteiger partial charge in [0.15, 0.2) is 5.65 Å². The maximum Gasteiger partial charge on any atom is 0.573 e. The molecular formula is C18H17F3N6O. The monoisotopic (exact) mass is 390 g/mol. The van der Waals surface area contributed by atoms with Crippen molar-refractivity contribution >= 4 is 17.0 Å². The smallest absolute Gasteiger partial charge is 0.406 e. The lowest BCUT2D eigenvalue weighted by Crippen LogP contribution is -2.26. The molecular weight excluding hydrogens is 373 g/mol. The van der Waals surface area contributed by atoms with Crippen LogP contribution in [0.15, 0.2) is 36.4 Å². The van der Waals surface area contributed by atoms with Crippen LogP contribution in [0.4, 0.5) is 19.0 Å². The van der Waals surface area contributed by atoms with E-state index in [0.29, 0.717) is 28.7 Å². The van der Waals surface area contributed by atoms with Gasteiger partial charge in [-0.2, -0.15) is 4.68 Å². The average molecular weight is 390 g/mol. The van der Waals surface area contributed by atoms with E-state index >= 15 is 0 Å². The number of rotatable bonds is 3. The molecule has 2 aromatic heterocycles. The second kappa shape index (κ2) is 6.33. The highest BCUT2D eigenvalue weighted by molar-refractivity contribution is 5.74. The molecule has 0 saturated carbocycles. The van der Waals surface area contributed by atoms with E-state index in [1.54, 1.807) is 6.07 Å². The molecule has 3 aromatic rings. The van der Waals surface area contributed by atoms with E-state index in [1.165, 1.54) is 22.9 Å². The molecule has 2 fully saturated rings. The Morgan fingerprint density at radius 3 is 2.61 bits per heavy atom. The molecule has 2 saturated heterocycles. The van der Waals surface area contributed by atoms with Crippen LogP contribution in [0.3, 0.4) is 0 Å². The zero-order valence-electron chi connectivity index (χ0n) is 14.7. The summed E-state index contributed by atoms with van der Waals surface area (Å²) in [4.78, 5) is 6.95. The van der Waals surface area contributed by atoms with E-state index in [0.717, 1.165) is 32.0 Å². The van der Waals surface area contributed by atoms with E-state index in [9.17, 15) is 13.2 Å². The summed E-state index contributed by atoms with van der Waals surface area (Å²) in [5, 5.41) is 11.6. The third-order valence-corrected chi connectivity index (χ3v) is 5.29. The largest absolute Gasteiger partial charge is 0.573 e. The number of alkyl halides is 3. The van der Waals surface area contributed by atoms with Gasteiger partial charge >= 0.3 is 6.36 Å². The van der Waals surface area contributed by atoms with Crippen LogP contribution < -0.4 is 15.0 Å². The van der Waals surface area contributed by atoms with Gasteiger partial charge in [-0.3, -0.25) is 0 Å². The molecule has 0 radical (unpaired) electrons. The van der Waals surface area contributed by atoms with Crippen LogP contribution in [-0.4, -0.2) is 52.5 Å². The zero-order valence-corrected chi connectivity index (χ0v) is 14.7. The maximum absolute atomic E-state index is 12.5. The third-order valence-electron chi connectivity index (χ3n) is 5.29. The summed E-state index contributed by atoms with van der Waals surface area (Å²) in [7, 11) is 0. The van der Waals surface area contributed by atoms with Gasteiger partial charge in [0.25, 0.3) is 0 Å². The molecule has 1 aromatic carbocycles. The number of hydrogen-bond donors (Lipinski definition) is 1. The van der Waals surface area contributed by atoms with Crippen molar-refractivity contribution in [3.63, 3.8) is 0 Å². The summed E-state index contributed by atoms with van der Waals surface area (Å²) in [6.45, 7) is 3.92. The summed E-state index contributed by atoms with van der Waals surface area (Å²) in [5.74, 6) is 1.76. The predicted molar refractivity (Wildman–Crippen MR) is 95.4 cm³/mol. The molecule has 4 heterocycles. The quantitative estimate of drug-likeness (QED) is 0.741. The first-order chi connectivity index (χ1) is 13.5. The highest BCUT2D eigenvalue weighted by Crippen LogP contribution is 2.31. The summed E-state index contributed by atoms with van der Waals surface area (Å²) in [6.07, 6.45) is -4.75. The van der Waals surface area contributed by atoms with Gasteiger partial charge in [0.2, 0.25) is 0 Å². The molecule has 1 N–H and O–H groups in total. The van der Waals surface area contributed by atoms with Crippen molar-refractivity contribution in [2.45, 2.75) is 6.36 Å². The van der Waals surface area contributed by atoms with Crippen molar-refractivity contribution in [2.24, 2.45) is 11.8 Å². The molecule has 0 aliphatic carbocycles. The first kappa shape index (κ1) is 17.2. The molecule has 0 amide bonds. The van der Waals surface area contributed by atoms with Crippen LogP contribution in [0, 0.1) is 11.8 Å². The van der Waals surface area contributed by atoms with Crippen molar-refractivity contribution in [3.8, 4) is 11.4 Å². The van der Waals surface area contributed by atoms with Gasteiger partial charge in [-0.1, -0.05) is 11.3 Å². The lowest BCUT2D eigenvalue weighted by molar-refractivity contribution is -0.274. The minimum atomic E-state index is -4.75. The number of anilines is 1. The van der Waals surface area contributed by atoms with Crippen LogP contribution in [0.2, 0.25) is 0 Å². The number of aromatic nitrogens is 4. The number of pyridine rings is 1. The molecule has 2 unspecified atom stereocenters. The third kappa shape index (κ3) is 3.13. The Balaban J connectivity index is 1.48. The lowest BCUT2D eigenvalue weighted by atomic mass is 10.0. The Labute approximate surface area is 158 Å². The minimum Gasteiger partial charge on any atom is -0.406 e. The van der Waals surface area contributed by atoms with Crippen LogP contribution in [0.1, 0.15) is 0 Å². The number of hydrogen-bond acceptors (Lipinski definition) is 6. The van der Waals surface area contributed by atoms with Gasteiger partial charge in [-0.25, -0.2) is 4.98 Å². The molecule has 146 valence electrons. The molecule has 0 spiro atoms. The van der Waals surface area contributed by atoms with Crippen molar-refractivity contribution in [3.05, 3.63) is 36.4 Å². The standard InChI is InChI=1S/C18H17F3N6O/c19-18(20,21)28-14-3-1-2-13(6-14)27-17-15(24-25-27)4-5-16(23-17)26-9-11-7-22-8-12(11)10-26/h1-6,11-12,22H,7-10H2. The second-order valence-corrected chi connectivity index (χ2v) is 7.14. The molecule has 2 aliphatic heterocycles. The highest BCUT2D eigenvalue weighted by atomic mass is 19.4. The van der Waals surface area contributed by atoms with Crippen LogP contribution in [0.5, 0.6) is 5.75 Å². The second-order valence-electron chi connectivity index (χ2n) is 7.14. The van der Waals surface area contributed by atoms with Gasteiger partial charge < -0.3 is 15.0 Å². The Hall–Kier alpha value is -2.88. The molecule has 5 rings (SSSR count). The number of nitrogens with zero attached hydrogens (tertiary/aromatic N) is 5. The van der Waals surface area contributed by atoms with E-state index in [1.807, 2.05) is 12.1 Å². The first-order valence-electron chi connectivity index (χ1n) is 9.00. The number of nitrogens with one attached hydrogen (secondary N) is 1. The number of ether oxygens (including phenoxy) is 1. The van der Waals surface area contributed by atoms with Crippen molar-refractivity contribution in [2.75, 3.05) is 31.1 Å². The predicted octanol–water partition coefficient (Wildman–Crippen LogP) is 2.37. The molecule has 10 heteroatoms. The maximum atomic E-state index is 12.5. The van der Waals surface area contributed by atoms with E-state index < -0.39 is 6.36 Å². The van der Waals surface area contributed by atoms with Crippen molar-refractivity contribution in [1.29, 1.82) is 0 Å². The fourth-order valence-electron chi connectivity index (χ4n) is 4.01. The SMILES string of the molecule is FC(F)(F)Oc1cccc(-n2nnc3ccc(N4CC5CNCC5C4)nc32)c1. The molecule has 2 atom stereocenters. The first-order valence-corrected chi connectivity index (χ1v) is 9.00.